The van der Waals surface area contributed by atoms with Gasteiger partial charge in [-0.2, -0.15) is 5.10 Å². The molecule has 0 saturated carbocycles. The van der Waals surface area contributed by atoms with Gasteiger partial charge in [0.25, 0.3) is 0 Å². The first-order valence-electron chi connectivity index (χ1n) is 4.94. The Labute approximate surface area is 127 Å². The molecule has 0 aliphatic heterocycles. The molecule has 0 fully saturated rings. The van der Waals surface area contributed by atoms with Gasteiger partial charge < -0.3 is 0 Å². The van der Waals surface area contributed by atoms with E-state index in [9.17, 15) is 4.79 Å². The van der Waals surface area contributed by atoms with E-state index >= 15 is 0 Å². The molecule has 1 aromatic carbocycles. The highest BCUT2D eigenvalue weighted by atomic mass is 79.9. The van der Waals surface area contributed by atoms with Gasteiger partial charge in [0.15, 0.2) is 5.78 Å². The molecule has 1 aromatic heterocycles. The maximum atomic E-state index is 11.9. The van der Waals surface area contributed by atoms with Gasteiger partial charge in [-0.15, -0.1) is 17.0 Å². The molecule has 0 unspecified atom stereocenters. The standard InChI is InChI=1S/C11H10BrN3OS.BrH/c1-7-14-15(11(13)17-7)6-10(16)8-2-4-9(12)5-3-8;/h2-5,13H,6H2,1H3;1H. The third-order valence-corrected chi connectivity index (χ3v) is 3.51. The number of benzene rings is 1. The molecule has 0 spiro atoms. The fourth-order valence-electron chi connectivity index (χ4n) is 1.40. The fourth-order valence-corrected chi connectivity index (χ4v) is 2.29. The number of nitrogens with one attached hydrogen (secondary N) is 1. The molecule has 2 rings (SSSR count). The van der Waals surface area contributed by atoms with Crippen LogP contribution in [0.3, 0.4) is 0 Å². The van der Waals surface area contributed by atoms with E-state index in [4.69, 9.17) is 5.41 Å². The summed E-state index contributed by atoms with van der Waals surface area (Å²) in [4.78, 5) is 12.2. The first-order chi connectivity index (χ1) is 8.06. The van der Waals surface area contributed by atoms with Crippen LogP contribution in [0.25, 0.3) is 0 Å². The van der Waals surface area contributed by atoms with Crippen molar-refractivity contribution in [2.24, 2.45) is 0 Å². The molecule has 4 nitrogen and oxygen atoms in total. The number of Topliss-reactive ketones (excluding diaryl/α,β-unsaturated/α-hetero) is 1. The van der Waals surface area contributed by atoms with Crippen LogP contribution in [-0.2, 0) is 6.54 Å². The zero-order valence-electron chi connectivity index (χ0n) is 9.51. The van der Waals surface area contributed by atoms with Crippen molar-refractivity contribution < 1.29 is 4.79 Å². The van der Waals surface area contributed by atoms with Crippen LogP contribution >= 0.6 is 44.2 Å². The summed E-state index contributed by atoms with van der Waals surface area (Å²) >= 11 is 4.59. The largest absolute Gasteiger partial charge is 0.292 e. The van der Waals surface area contributed by atoms with E-state index in [0.717, 1.165) is 9.48 Å². The van der Waals surface area contributed by atoms with E-state index in [1.807, 2.05) is 19.1 Å². The Morgan fingerprint density at radius 1 is 1.44 bits per heavy atom. The topological polar surface area (TPSA) is 58.7 Å². The summed E-state index contributed by atoms with van der Waals surface area (Å²) in [5.74, 6) is -0.0405. The molecule has 0 radical (unpaired) electrons. The van der Waals surface area contributed by atoms with Gasteiger partial charge in [-0.25, -0.2) is 4.68 Å². The molecule has 0 saturated heterocycles. The lowest BCUT2D eigenvalue weighted by molar-refractivity contribution is 0.0966. The Morgan fingerprint density at radius 2 is 2.06 bits per heavy atom. The predicted octanol–water partition coefficient (Wildman–Crippen LogP) is 2.96. The molecule has 7 heteroatoms. The van der Waals surface area contributed by atoms with E-state index in [1.165, 1.54) is 16.0 Å². The number of aromatic nitrogens is 2. The van der Waals surface area contributed by atoms with Crippen molar-refractivity contribution in [3.63, 3.8) is 0 Å². The lowest BCUT2D eigenvalue weighted by atomic mass is 10.1. The van der Waals surface area contributed by atoms with E-state index in [-0.39, 0.29) is 29.3 Å². The number of rotatable bonds is 3. The van der Waals surface area contributed by atoms with Crippen LogP contribution in [0.5, 0.6) is 0 Å². The minimum atomic E-state index is -0.0405. The third-order valence-electron chi connectivity index (χ3n) is 2.20. The highest BCUT2D eigenvalue weighted by molar-refractivity contribution is 9.10. The number of carbonyl (C=O) groups excluding carboxylic acids is 1. The van der Waals surface area contributed by atoms with Gasteiger partial charge in [0.2, 0.25) is 4.80 Å². The molecule has 0 aliphatic rings. The Kier molecular flexibility index (Phi) is 5.43. The van der Waals surface area contributed by atoms with Gasteiger partial charge in [0, 0.05) is 10.0 Å². The summed E-state index contributed by atoms with van der Waals surface area (Å²) in [6.45, 7) is 1.94. The Morgan fingerprint density at radius 3 is 2.56 bits per heavy atom. The molecule has 1 heterocycles. The molecular weight excluding hydrogens is 382 g/mol. The average Bonchev–Trinajstić information content (AvgIpc) is 2.58. The maximum absolute atomic E-state index is 11.9. The first kappa shape index (κ1) is 15.3. The van der Waals surface area contributed by atoms with E-state index in [1.54, 1.807) is 12.1 Å². The van der Waals surface area contributed by atoms with Gasteiger partial charge in [-0.1, -0.05) is 39.4 Å². The molecule has 0 bridgehead atoms. The van der Waals surface area contributed by atoms with Gasteiger partial charge >= 0.3 is 0 Å². The lowest BCUT2D eigenvalue weighted by Gasteiger charge is -2.01. The summed E-state index contributed by atoms with van der Waals surface area (Å²) in [6, 6.07) is 7.17. The van der Waals surface area contributed by atoms with Crippen molar-refractivity contribution in [2.75, 3.05) is 0 Å². The summed E-state index contributed by atoms with van der Waals surface area (Å²) in [6.07, 6.45) is 0. The number of aryl methyl sites for hydroxylation is 1. The molecule has 0 atom stereocenters. The van der Waals surface area contributed by atoms with Crippen LogP contribution in [0.1, 0.15) is 15.4 Å². The summed E-state index contributed by atoms with van der Waals surface area (Å²) < 4.78 is 2.36. The summed E-state index contributed by atoms with van der Waals surface area (Å²) in [5, 5.41) is 12.5. The molecule has 0 amide bonds. The maximum Gasteiger partial charge on any atom is 0.200 e. The number of ketones is 1. The van der Waals surface area contributed by atoms with Crippen molar-refractivity contribution in [2.45, 2.75) is 13.5 Å². The van der Waals surface area contributed by atoms with Crippen molar-refractivity contribution in [1.82, 2.24) is 9.78 Å². The predicted molar refractivity (Wildman–Crippen MR) is 79.5 cm³/mol. The molecule has 96 valence electrons. The summed E-state index contributed by atoms with van der Waals surface area (Å²) in [7, 11) is 0. The number of hydrogen-bond donors (Lipinski definition) is 1. The van der Waals surface area contributed by atoms with Gasteiger partial charge in [0.1, 0.15) is 11.6 Å². The number of nitrogens with zero attached hydrogens (tertiary/aromatic N) is 2. The zero-order chi connectivity index (χ0) is 12.4. The minimum Gasteiger partial charge on any atom is -0.292 e. The molecule has 18 heavy (non-hydrogen) atoms. The fraction of sp³-hybridized carbons (Fsp3) is 0.182. The number of carbonyl (C=O) groups is 1. The normalized spacial score (nSPS) is 9.89. The first-order valence-corrected chi connectivity index (χ1v) is 6.55. The Hall–Kier alpha value is -0.790. The molecular formula is C11H11Br2N3OS. The second kappa shape index (κ2) is 6.40. The van der Waals surface area contributed by atoms with E-state index in [0.29, 0.717) is 10.4 Å². The number of halogens is 2. The van der Waals surface area contributed by atoms with Crippen LogP contribution in [0.15, 0.2) is 28.7 Å². The monoisotopic (exact) mass is 391 g/mol. The highest BCUT2D eigenvalue weighted by Gasteiger charge is 2.09. The van der Waals surface area contributed by atoms with Crippen LogP contribution in [-0.4, -0.2) is 15.6 Å². The molecule has 2 aromatic rings. The van der Waals surface area contributed by atoms with Crippen LogP contribution < -0.4 is 4.80 Å². The SMILES string of the molecule is Br.Cc1nn(CC(=O)c2ccc(Br)cc2)c(=N)s1. The lowest BCUT2D eigenvalue weighted by Crippen LogP contribution is -2.20. The van der Waals surface area contributed by atoms with E-state index < -0.39 is 0 Å². The van der Waals surface area contributed by atoms with Crippen LogP contribution in [0, 0.1) is 12.3 Å². The minimum absolute atomic E-state index is 0. The quantitative estimate of drug-likeness (QED) is 0.816. The third kappa shape index (κ3) is 3.60. The highest BCUT2D eigenvalue weighted by Crippen LogP contribution is 2.11. The smallest absolute Gasteiger partial charge is 0.200 e. The van der Waals surface area contributed by atoms with Crippen LogP contribution in [0.4, 0.5) is 0 Å². The Bertz CT molecular complexity index is 603. The second-order valence-electron chi connectivity index (χ2n) is 3.51. The average molecular weight is 393 g/mol. The van der Waals surface area contributed by atoms with Crippen molar-refractivity contribution in [3.05, 3.63) is 44.1 Å². The van der Waals surface area contributed by atoms with Crippen LogP contribution in [0.2, 0.25) is 0 Å². The molecule has 0 aliphatic carbocycles. The molecule has 1 N–H and O–H groups in total. The van der Waals surface area contributed by atoms with Gasteiger partial charge in [-0.3, -0.25) is 10.2 Å². The van der Waals surface area contributed by atoms with E-state index in [2.05, 4.69) is 21.0 Å². The van der Waals surface area contributed by atoms with Crippen molar-refractivity contribution >= 4 is 50.0 Å². The van der Waals surface area contributed by atoms with Gasteiger partial charge in [-0.05, 0) is 19.1 Å². The zero-order valence-corrected chi connectivity index (χ0v) is 13.6. The number of hydrogen-bond acceptors (Lipinski definition) is 4. The van der Waals surface area contributed by atoms with Crippen molar-refractivity contribution in [1.29, 1.82) is 5.41 Å². The summed E-state index contributed by atoms with van der Waals surface area (Å²) in [5.41, 5.74) is 0.630. The second-order valence-corrected chi connectivity index (χ2v) is 5.61. The van der Waals surface area contributed by atoms with Gasteiger partial charge in [0.05, 0.1) is 0 Å². The van der Waals surface area contributed by atoms with Crippen molar-refractivity contribution in [3.8, 4) is 0 Å². The Balaban J connectivity index is 0.00000162.